The van der Waals surface area contributed by atoms with Crippen molar-refractivity contribution in [3.8, 4) is 0 Å². The highest BCUT2D eigenvalue weighted by Gasteiger charge is 2.13. The van der Waals surface area contributed by atoms with Gasteiger partial charge in [0.25, 0.3) is 0 Å². The zero-order chi connectivity index (χ0) is 11.4. The Hall–Kier alpha value is -0.410. The fourth-order valence-electron chi connectivity index (χ4n) is 2.30. The first-order chi connectivity index (χ1) is 7.75. The van der Waals surface area contributed by atoms with Gasteiger partial charge in [-0.2, -0.15) is 0 Å². The van der Waals surface area contributed by atoms with E-state index < -0.39 is 0 Å². The number of benzene rings is 1. The second kappa shape index (κ2) is 5.78. The molecule has 1 N–H and O–H groups in total. The topological polar surface area (TPSA) is 12.0 Å². The minimum atomic E-state index is -0.175. The first-order valence-electron chi connectivity index (χ1n) is 5.90. The van der Waals surface area contributed by atoms with Crippen molar-refractivity contribution in [2.45, 2.75) is 25.7 Å². The quantitative estimate of drug-likeness (QED) is 0.877. The van der Waals surface area contributed by atoms with Gasteiger partial charge in [0.1, 0.15) is 5.82 Å². The zero-order valence-electron chi connectivity index (χ0n) is 9.31. The van der Waals surface area contributed by atoms with Crippen molar-refractivity contribution in [3.05, 3.63) is 34.1 Å². The van der Waals surface area contributed by atoms with E-state index in [2.05, 4.69) is 21.2 Å². The summed E-state index contributed by atoms with van der Waals surface area (Å²) in [4.78, 5) is 0. The van der Waals surface area contributed by atoms with Gasteiger partial charge >= 0.3 is 0 Å². The normalized spacial score (nSPS) is 21.8. The molecule has 1 nitrogen and oxygen atoms in total. The maximum Gasteiger partial charge on any atom is 0.137 e. The molecule has 1 heterocycles. The standard InChI is InChI=1S/C13H17BrFN/c14-12-9-11(3-4-13(12)15)8-10-2-1-6-16-7-5-10/h3-4,9-10,16H,1-2,5-8H2. The SMILES string of the molecule is Fc1ccc(CC2CCCNCC2)cc1Br. The molecule has 1 unspecified atom stereocenters. The van der Waals surface area contributed by atoms with Crippen molar-refractivity contribution in [1.29, 1.82) is 0 Å². The molecule has 0 aliphatic carbocycles. The highest BCUT2D eigenvalue weighted by Crippen LogP contribution is 2.22. The smallest absolute Gasteiger partial charge is 0.137 e. The van der Waals surface area contributed by atoms with Crippen molar-refractivity contribution in [2.24, 2.45) is 5.92 Å². The summed E-state index contributed by atoms with van der Waals surface area (Å²) in [6.45, 7) is 2.26. The van der Waals surface area contributed by atoms with Gasteiger partial charge in [-0.05, 0) is 78.3 Å². The van der Waals surface area contributed by atoms with Crippen molar-refractivity contribution >= 4 is 15.9 Å². The Balaban J connectivity index is 1.99. The summed E-state index contributed by atoms with van der Waals surface area (Å²) in [5.41, 5.74) is 1.24. The van der Waals surface area contributed by atoms with E-state index in [9.17, 15) is 4.39 Å². The molecule has 0 radical (unpaired) electrons. The van der Waals surface area contributed by atoms with Crippen molar-refractivity contribution in [3.63, 3.8) is 0 Å². The number of hydrogen-bond acceptors (Lipinski definition) is 1. The summed E-state index contributed by atoms with van der Waals surface area (Å²) in [5.74, 6) is 0.568. The lowest BCUT2D eigenvalue weighted by atomic mass is 9.93. The van der Waals surface area contributed by atoms with E-state index in [1.165, 1.54) is 24.8 Å². The fraction of sp³-hybridized carbons (Fsp3) is 0.538. The highest BCUT2D eigenvalue weighted by atomic mass is 79.9. The third kappa shape index (κ3) is 3.29. The van der Waals surface area contributed by atoms with Gasteiger partial charge in [0.15, 0.2) is 0 Å². The molecule has 1 aromatic carbocycles. The Labute approximate surface area is 105 Å². The first kappa shape index (κ1) is 12.1. The van der Waals surface area contributed by atoms with Gasteiger partial charge in [0, 0.05) is 0 Å². The molecule has 0 saturated carbocycles. The van der Waals surface area contributed by atoms with Crippen LogP contribution < -0.4 is 5.32 Å². The Bertz CT molecular complexity index is 346. The second-order valence-corrected chi connectivity index (χ2v) is 5.35. The third-order valence-corrected chi connectivity index (χ3v) is 3.81. The van der Waals surface area contributed by atoms with Crippen LogP contribution in [0.15, 0.2) is 22.7 Å². The van der Waals surface area contributed by atoms with Gasteiger partial charge < -0.3 is 5.32 Å². The number of hydrogen-bond donors (Lipinski definition) is 1. The van der Waals surface area contributed by atoms with Crippen LogP contribution in [0.3, 0.4) is 0 Å². The van der Waals surface area contributed by atoms with E-state index >= 15 is 0 Å². The van der Waals surface area contributed by atoms with Gasteiger partial charge in [-0.3, -0.25) is 0 Å². The lowest BCUT2D eigenvalue weighted by Gasteiger charge is -2.13. The van der Waals surface area contributed by atoms with Crippen LogP contribution in [0.4, 0.5) is 4.39 Å². The highest BCUT2D eigenvalue weighted by molar-refractivity contribution is 9.10. The molecular formula is C13H17BrFN. The molecule has 0 aromatic heterocycles. The molecule has 2 rings (SSSR count). The molecule has 1 saturated heterocycles. The lowest BCUT2D eigenvalue weighted by Crippen LogP contribution is -2.14. The molecule has 1 fully saturated rings. The molecule has 1 aliphatic rings. The summed E-state index contributed by atoms with van der Waals surface area (Å²) >= 11 is 3.24. The molecular weight excluding hydrogens is 269 g/mol. The number of nitrogens with one attached hydrogen (secondary N) is 1. The lowest BCUT2D eigenvalue weighted by molar-refractivity contribution is 0.469. The van der Waals surface area contributed by atoms with Crippen molar-refractivity contribution < 1.29 is 4.39 Å². The average molecular weight is 286 g/mol. The van der Waals surface area contributed by atoms with Gasteiger partial charge in [0.05, 0.1) is 4.47 Å². The second-order valence-electron chi connectivity index (χ2n) is 4.50. The molecule has 1 atom stereocenters. The predicted octanol–water partition coefficient (Wildman–Crippen LogP) is 3.52. The monoisotopic (exact) mass is 285 g/mol. The Morgan fingerprint density at radius 3 is 3.00 bits per heavy atom. The average Bonchev–Trinajstić information content (AvgIpc) is 2.52. The first-order valence-corrected chi connectivity index (χ1v) is 6.69. The Kier molecular flexibility index (Phi) is 4.36. The van der Waals surface area contributed by atoms with Gasteiger partial charge in [-0.1, -0.05) is 6.07 Å². The van der Waals surface area contributed by atoms with E-state index in [0.29, 0.717) is 4.47 Å². The van der Waals surface area contributed by atoms with Crippen LogP contribution in [-0.2, 0) is 6.42 Å². The summed E-state index contributed by atoms with van der Waals surface area (Å²) in [6, 6.07) is 5.36. The summed E-state index contributed by atoms with van der Waals surface area (Å²) < 4.78 is 13.7. The molecule has 1 aromatic rings. The Morgan fingerprint density at radius 2 is 2.19 bits per heavy atom. The van der Waals surface area contributed by atoms with Gasteiger partial charge in [-0.15, -0.1) is 0 Å². The zero-order valence-corrected chi connectivity index (χ0v) is 10.9. The van der Waals surface area contributed by atoms with Crippen LogP contribution in [0, 0.1) is 11.7 Å². The molecule has 1 aliphatic heterocycles. The number of halogens is 2. The van der Waals surface area contributed by atoms with Gasteiger partial charge in [-0.25, -0.2) is 4.39 Å². The molecule has 88 valence electrons. The van der Waals surface area contributed by atoms with Crippen LogP contribution in [0.2, 0.25) is 0 Å². The van der Waals surface area contributed by atoms with E-state index in [1.807, 2.05) is 12.1 Å². The molecule has 0 bridgehead atoms. The number of rotatable bonds is 2. The molecule has 0 amide bonds. The fourth-order valence-corrected chi connectivity index (χ4v) is 2.72. The van der Waals surface area contributed by atoms with Crippen LogP contribution in [0.1, 0.15) is 24.8 Å². The maximum atomic E-state index is 13.1. The molecule has 3 heteroatoms. The molecule has 0 spiro atoms. The van der Waals surface area contributed by atoms with Crippen LogP contribution in [-0.4, -0.2) is 13.1 Å². The largest absolute Gasteiger partial charge is 0.317 e. The van der Waals surface area contributed by atoms with E-state index in [1.54, 1.807) is 6.07 Å². The Morgan fingerprint density at radius 1 is 1.31 bits per heavy atom. The third-order valence-electron chi connectivity index (χ3n) is 3.20. The van der Waals surface area contributed by atoms with E-state index in [-0.39, 0.29) is 5.82 Å². The summed E-state index contributed by atoms with van der Waals surface area (Å²) in [7, 11) is 0. The van der Waals surface area contributed by atoms with E-state index in [4.69, 9.17) is 0 Å². The predicted molar refractivity (Wildman–Crippen MR) is 68.0 cm³/mol. The van der Waals surface area contributed by atoms with Crippen LogP contribution >= 0.6 is 15.9 Å². The van der Waals surface area contributed by atoms with Crippen LogP contribution in [0.25, 0.3) is 0 Å². The molecule has 16 heavy (non-hydrogen) atoms. The van der Waals surface area contributed by atoms with Gasteiger partial charge in [0.2, 0.25) is 0 Å². The maximum absolute atomic E-state index is 13.1. The van der Waals surface area contributed by atoms with Crippen molar-refractivity contribution in [2.75, 3.05) is 13.1 Å². The van der Waals surface area contributed by atoms with E-state index in [0.717, 1.165) is 25.4 Å². The minimum absolute atomic E-state index is 0.175. The summed E-state index contributed by atoms with van der Waals surface area (Å²) in [6.07, 6.45) is 4.84. The van der Waals surface area contributed by atoms with Crippen LogP contribution in [0.5, 0.6) is 0 Å². The van der Waals surface area contributed by atoms with Crippen molar-refractivity contribution in [1.82, 2.24) is 5.32 Å². The minimum Gasteiger partial charge on any atom is -0.317 e. The summed E-state index contributed by atoms with van der Waals surface area (Å²) in [5, 5.41) is 3.41.